The Kier molecular flexibility index (Phi) is 3.70. The van der Waals surface area contributed by atoms with Gasteiger partial charge in [-0.1, -0.05) is 25.6 Å². The van der Waals surface area contributed by atoms with Crippen LogP contribution in [-0.4, -0.2) is 16.5 Å². The van der Waals surface area contributed by atoms with Crippen LogP contribution in [0.3, 0.4) is 0 Å². The molecular weight excluding hydrogens is 184 g/mol. The van der Waals surface area contributed by atoms with Gasteiger partial charge in [-0.2, -0.15) is 0 Å². The second-order valence-corrected chi connectivity index (χ2v) is 3.22. The van der Waals surface area contributed by atoms with E-state index in [4.69, 9.17) is 18.0 Å². The molecule has 0 bridgehead atoms. The summed E-state index contributed by atoms with van der Waals surface area (Å²) in [6.07, 6.45) is 2.29. The number of nitrogens with one attached hydrogen (secondary N) is 2. The van der Waals surface area contributed by atoms with Crippen molar-refractivity contribution in [1.82, 2.24) is 9.97 Å². The van der Waals surface area contributed by atoms with Gasteiger partial charge in [0.25, 0.3) is 0 Å². The lowest BCUT2D eigenvalue weighted by atomic mass is 10.3. The Hall–Kier alpha value is -1.10. The highest BCUT2D eigenvalue weighted by Crippen LogP contribution is 2.04. The molecule has 0 aliphatic heterocycles. The van der Waals surface area contributed by atoms with Crippen LogP contribution in [0, 0.1) is 4.64 Å². The van der Waals surface area contributed by atoms with Crippen molar-refractivity contribution in [3.63, 3.8) is 0 Å². The minimum atomic E-state index is 0.353. The first kappa shape index (κ1) is 9.98. The second-order valence-electron chi connectivity index (χ2n) is 2.80. The standard InChI is InChI=1S/C8H14N4S/c1-2-3-4-10-6-5-7(13)12-8(9)11-6/h5H,2-4H2,1H3,(H4,9,10,11,12,13). The van der Waals surface area contributed by atoms with Crippen molar-refractivity contribution in [2.24, 2.45) is 0 Å². The summed E-state index contributed by atoms with van der Waals surface area (Å²) in [6, 6.07) is 1.77. The number of nitrogen functional groups attached to an aromatic ring is 1. The molecule has 1 rings (SSSR count). The molecule has 72 valence electrons. The third kappa shape index (κ3) is 3.42. The fourth-order valence-electron chi connectivity index (χ4n) is 0.972. The number of nitrogens with zero attached hydrogens (tertiary/aromatic N) is 1. The highest BCUT2D eigenvalue weighted by Gasteiger charge is 1.93. The summed E-state index contributed by atoms with van der Waals surface area (Å²) < 4.78 is 0.509. The molecule has 0 unspecified atom stereocenters. The molecule has 0 saturated carbocycles. The van der Waals surface area contributed by atoms with Crippen molar-refractivity contribution in [2.75, 3.05) is 17.6 Å². The van der Waals surface area contributed by atoms with Crippen molar-refractivity contribution in [3.8, 4) is 0 Å². The van der Waals surface area contributed by atoms with Gasteiger partial charge in [0.1, 0.15) is 10.5 Å². The molecule has 0 atom stereocenters. The highest BCUT2D eigenvalue weighted by molar-refractivity contribution is 7.71. The molecule has 4 N–H and O–H groups in total. The lowest BCUT2D eigenvalue weighted by molar-refractivity contribution is 0.830. The molecular formula is C8H14N4S. The van der Waals surface area contributed by atoms with Crippen LogP contribution in [-0.2, 0) is 0 Å². The molecule has 1 aromatic heterocycles. The predicted octanol–water partition coefficient (Wildman–Crippen LogP) is 1.93. The van der Waals surface area contributed by atoms with Gasteiger partial charge in [0.15, 0.2) is 5.95 Å². The topological polar surface area (TPSA) is 66.7 Å². The predicted molar refractivity (Wildman–Crippen MR) is 57.2 cm³/mol. The van der Waals surface area contributed by atoms with E-state index in [2.05, 4.69) is 22.2 Å². The largest absolute Gasteiger partial charge is 0.371 e. The number of anilines is 2. The van der Waals surface area contributed by atoms with E-state index in [0.717, 1.165) is 25.2 Å². The molecule has 13 heavy (non-hydrogen) atoms. The summed E-state index contributed by atoms with van der Waals surface area (Å²) in [6.45, 7) is 3.07. The molecule has 4 nitrogen and oxygen atoms in total. The van der Waals surface area contributed by atoms with Crippen LogP contribution in [0.5, 0.6) is 0 Å². The van der Waals surface area contributed by atoms with Crippen LogP contribution < -0.4 is 11.1 Å². The van der Waals surface area contributed by atoms with E-state index in [9.17, 15) is 0 Å². The summed E-state index contributed by atoms with van der Waals surface area (Å²) in [7, 11) is 0. The van der Waals surface area contributed by atoms with Gasteiger partial charge in [0.05, 0.1) is 0 Å². The van der Waals surface area contributed by atoms with Crippen molar-refractivity contribution in [2.45, 2.75) is 19.8 Å². The number of nitrogens with two attached hydrogens (primary N) is 1. The van der Waals surface area contributed by atoms with Gasteiger partial charge in [-0.25, -0.2) is 4.98 Å². The fourth-order valence-corrected chi connectivity index (χ4v) is 1.19. The number of aromatic amines is 1. The van der Waals surface area contributed by atoms with Gasteiger partial charge in [-0.05, 0) is 6.42 Å². The van der Waals surface area contributed by atoms with Gasteiger partial charge >= 0.3 is 0 Å². The molecule has 0 spiro atoms. The minimum Gasteiger partial charge on any atom is -0.371 e. The maximum Gasteiger partial charge on any atom is 0.200 e. The Morgan fingerprint density at radius 1 is 1.69 bits per heavy atom. The fraction of sp³-hybridized carbons (Fsp3) is 0.500. The van der Waals surface area contributed by atoms with Crippen molar-refractivity contribution >= 4 is 24.0 Å². The van der Waals surface area contributed by atoms with Crippen LogP contribution in [0.15, 0.2) is 6.07 Å². The normalized spacial score (nSPS) is 9.92. The Morgan fingerprint density at radius 3 is 3.08 bits per heavy atom. The molecule has 5 heteroatoms. The molecule has 0 amide bonds. The summed E-state index contributed by atoms with van der Waals surface area (Å²) in [5.74, 6) is 1.19. The lowest BCUT2D eigenvalue weighted by Crippen LogP contribution is -2.05. The average Bonchev–Trinajstić information content (AvgIpc) is 2.03. The number of rotatable bonds is 4. The Balaban J connectivity index is 2.61. The zero-order valence-corrected chi connectivity index (χ0v) is 8.45. The van der Waals surface area contributed by atoms with Gasteiger partial charge < -0.3 is 16.0 Å². The van der Waals surface area contributed by atoms with Crippen molar-refractivity contribution in [1.29, 1.82) is 0 Å². The Morgan fingerprint density at radius 2 is 2.46 bits per heavy atom. The third-order valence-corrected chi connectivity index (χ3v) is 1.82. The quantitative estimate of drug-likeness (QED) is 0.511. The smallest absolute Gasteiger partial charge is 0.200 e. The van der Waals surface area contributed by atoms with E-state index >= 15 is 0 Å². The number of hydrogen-bond acceptors (Lipinski definition) is 4. The average molecular weight is 198 g/mol. The highest BCUT2D eigenvalue weighted by atomic mass is 32.1. The molecule has 0 aliphatic carbocycles. The second kappa shape index (κ2) is 4.81. The maximum absolute atomic E-state index is 5.49. The number of H-pyrrole nitrogens is 1. The SMILES string of the molecule is CCCCNc1cc(=S)nc(N)[nH]1. The summed E-state index contributed by atoms with van der Waals surface area (Å²) in [5, 5.41) is 3.18. The Labute approximate surface area is 82.6 Å². The number of aromatic nitrogens is 2. The lowest BCUT2D eigenvalue weighted by Gasteiger charge is -2.05. The van der Waals surface area contributed by atoms with Gasteiger partial charge in [0.2, 0.25) is 0 Å². The van der Waals surface area contributed by atoms with E-state index in [1.165, 1.54) is 0 Å². The van der Waals surface area contributed by atoms with E-state index in [0.29, 0.717) is 10.6 Å². The van der Waals surface area contributed by atoms with Crippen LogP contribution in [0.4, 0.5) is 11.8 Å². The molecule has 1 aromatic rings. The number of hydrogen-bond donors (Lipinski definition) is 3. The first-order valence-electron chi connectivity index (χ1n) is 4.33. The maximum atomic E-state index is 5.49. The van der Waals surface area contributed by atoms with E-state index < -0.39 is 0 Å². The zero-order valence-electron chi connectivity index (χ0n) is 7.63. The van der Waals surface area contributed by atoms with Gasteiger partial charge in [-0.15, -0.1) is 0 Å². The molecule has 0 aliphatic rings. The zero-order chi connectivity index (χ0) is 9.68. The molecule has 0 radical (unpaired) electrons. The van der Waals surface area contributed by atoms with E-state index in [-0.39, 0.29) is 0 Å². The molecule has 0 saturated heterocycles. The van der Waals surface area contributed by atoms with E-state index in [1.54, 1.807) is 6.07 Å². The van der Waals surface area contributed by atoms with Crippen LogP contribution in [0.25, 0.3) is 0 Å². The van der Waals surface area contributed by atoms with Crippen LogP contribution in [0.2, 0.25) is 0 Å². The van der Waals surface area contributed by atoms with Gasteiger partial charge in [-0.3, -0.25) is 0 Å². The monoisotopic (exact) mass is 198 g/mol. The minimum absolute atomic E-state index is 0.353. The molecule has 0 aromatic carbocycles. The summed E-state index contributed by atoms with van der Waals surface area (Å²) in [5.41, 5.74) is 5.49. The van der Waals surface area contributed by atoms with Crippen molar-refractivity contribution in [3.05, 3.63) is 10.7 Å². The first-order valence-corrected chi connectivity index (χ1v) is 4.74. The number of unbranched alkanes of at least 4 members (excludes halogenated alkanes) is 1. The third-order valence-electron chi connectivity index (χ3n) is 1.61. The van der Waals surface area contributed by atoms with Gasteiger partial charge in [0, 0.05) is 12.6 Å². The molecule has 0 fully saturated rings. The van der Waals surface area contributed by atoms with Crippen LogP contribution >= 0.6 is 12.2 Å². The van der Waals surface area contributed by atoms with Crippen LogP contribution in [0.1, 0.15) is 19.8 Å². The first-order chi connectivity index (χ1) is 6.22. The summed E-state index contributed by atoms with van der Waals surface area (Å²) >= 11 is 4.91. The van der Waals surface area contributed by atoms with Crippen molar-refractivity contribution < 1.29 is 0 Å². The van der Waals surface area contributed by atoms with E-state index in [1.807, 2.05) is 0 Å². The molecule has 1 heterocycles. The Bertz CT molecular complexity index is 320. The summed E-state index contributed by atoms with van der Waals surface area (Å²) in [4.78, 5) is 6.76.